The van der Waals surface area contributed by atoms with E-state index in [1.54, 1.807) is 36.4 Å². The van der Waals surface area contributed by atoms with Crippen LogP contribution in [0.25, 0.3) is 6.08 Å². The summed E-state index contributed by atoms with van der Waals surface area (Å²) in [7, 11) is 1.54. The number of benzene rings is 2. The fourth-order valence-electron chi connectivity index (χ4n) is 2.17. The molecule has 0 saturated heterocycles. The Morgan fingerprint density at radius 3 is 2.82 bits per heavy atom. The molecule has 0 fully saturated rings. The van der Waals surface area contributed by atoms with Gasteiger partial charge in [-0.25, -0.2) is 4.79 Å². The van der Waals surface area contributed by atoms with Crippen LogP contribution in [0.15, 0.2) is 57.9 Å². The molecule has 6 nitrogen and oxygen atoms in total. The van der Waals surface area contributed by atoms with Gasteiger partial charge in [-0.05, 0) is 36.4 Å². The number of nitrogens with zero attached hydrogens (tertiary/aromatic N) is 1. The molecule has 0 atom stereocenters. The van der Waals surface area contributed by atoms with Gasteiger partial charge in [-0.15, -0.1) is 11.8 Å². The Bertz CT molecular complexity index is 925. The predicted octanol–water partition coefficient (Wildman–Crippen LogP) is 4.27. The van der Waals surface area contributed by atoms with Crippen molar-refractivity contribution in [1.29, 1.82) is 5.26 Å². The number of thioether (sulfide) groups is 1. The quantitative estimate of drug-likeness (QED) is 0.359. The highest BCUT2D eigenvalue weighted by Gasteiger charge is 2.09. The second-order valence-electron chi connectivity index (χ2n) is 5.32. The standard InChI is InChI=1S/C20H17BrN2O4S/c1-26-17-8-7-15(21)12-14(17)6-9-20(25)27-13-19(24)23-16-4-2-3-5-18(16)28-11-10-22/h2-9,12H,11,13H2,1H3,(H,23,24)/b9-6+. The number of esters is 1. The van der Waals surface area contributed by atoms with Gasteiger partial charge in [0.2, 0.25) is 0 Å². The number of para-hydroxylation sites is 1. The fraction of sp³-hybridized carbons (Fsp3) is 0.150. The van der Waals surface area contributed by atoms with Crippen LogP contribution in [0.5, 0.6) is 5.75 Å². The summed E-state index contributed by atoms with van der Waals surface area (Å²) < 4.78 is 11.0. The van der Waals surface area contributed by atoms with E-state index in [1.165, 1.54) is 24.9 Å². The lowest BCUT2D eigenvalue weighted by atomic mass is 10.2. The highest BCUT2D eigenvalue weighted by atomic mass is 79.9. The largest absolute Gasteiger partial charge is 0.496 e. The maximum Gasteiger partial charge on any atom is 0.331 e. The lowest BCUT2D eigenvalue weighted by Crippen LogP contribution is -2.20. The maximum atomic E-state index is 12.0. The van der Waals surface area contributed by atoms with Crippen LogP contribution in [-0.4, -0.2) is 31.3 Å². The van der Waals surface area contributed by atoms with Gasteiger partial charge in [-0.1, -0.05) is 28.1 Å². The number of amides is 1. The first-order chi connectivity index (χ1) is 13.5. The molecule has 2 aromatic carbocycles. The van der Waals surface area contributed by atoms with Crippen LogP contribution in [0.3, 0.4) is 0 Å². The molecule has 0 bridgehead atoms. The third-order valence-corrected chi connectivity index (χ3v) is 4.82. The number of ether oxygens (including phenoxy) is 2. The number of methoxy groups -OCH3 is 1. The number of halogens is 1. The Hall–Kier alpha value is -2.76. The Kier molecular flexibility index (Phi) is 8.59. The summed E-state index contributed by atoms with van der Waals surface area (Å²) in [5.74, 6) is -0.237. The van der Waals surface area contributed by atoms with Gasteiger partial charge < -0.3 is 14.8 Å². The highest BCUT2D eigenvalue weighted by Crippen LogP contribution is 2.26. The van der Waals surface area contributed by atoms with Crippen molar-refractivity contribution in [1.82, 2.24) is 0 Å². The molecule has 0 radical (unpaired) electrons. The first-order valence-corrected chi connectivity index (χ1v) is 9.88. The van der Waals surface area contributed by atoms with Crippen molar-refractivity contribution in [3.63, 3.8) is 0 Å². The van der Waals surface area contributed by atoms with Crippen LogP contribution >= 0.6 is 27.7 Å². The van der Waals surface area contributed by atoms with E-state index in [9.17, 15) is 9.59 Å². The third-order valence-electron chi connectivity index (χ3n) is 3.39. The maximum absolute atomic E-state index is 12.0. The zero-order chi connectivity index (χ0) is 20.4. The van der Waals surface area contributed by atoms with Crippen molar-refractivity contribution in [2.24, 2.45) is 0 Å². The second-order valence-corrected chi connectivity index (χ2v) is 7.25. The molecular weight excluding hydrogens is 444 g/mol. The summed E-state index contributed by atoms with van der Waals surface area (Å²) in [5.41, 5.74) is 1.26. The minimum atomic E-state index is -0.649. The topological polar surface area (TPSA) is 88.4 Å². The van der Waals surface area contributed by atoms with Gasteiger partial charge in [0.15, 0.2) is 6.61 Å². The van der Waals surface area contributed by atoms with E-state index in [0.717, 1.165) is 9.37 Å². The molecule has 144 valence electrons. The molecule has 1 amide bonds. The van der Waals surface area contributed by atoms with Crippen molar-refractivity contribution < 1.29 is 19.1 Å². The normalized spacial score (nSPS) is 10.3. The number of carbonyl (C=O) groups excluding carboxylic acids is 2. The van der Waals surface area contributed by atoms with Gasteiger partial charge in [-0.2, -0.15) is 5.26 Å². The van der Waals surface area contributed by atoms with Crippen LogP contribution in [0, 0.1) is 11.3 Å². The van der Waals surface area contributed by atoms with Gasteiger partial charge in [0.05, 0.1) is 24.6 Å². The van der Waals surface area contributed by atoms with Crippen LogP contribution in [-0.2, 0) is 14.3 Å². The number of nitriles is 1. The molecule has 28 heavy (non-hydrogen) atoms. The molecule has 0 aliphatic heterocycles. The first-order valence-electron chi connectivity index (χ1n) is 8.10. The minimum Gasteiger partial charge on any atom is -0.496 e. The molecule has 2 aromatic rings. The molecule has 0 heterocycles. The van der Waals surface area contributed by atoms with Gasteiger partial charge in [0, 0.05) is 21.0 Å². The van der Waals surface area contributed by atoms with Gasteiger partial charge in [0.1, 0.15) is 5.75 Å². The Balaban J connectivity index is 1.90. The Morgan fingerprint density at radius 1 is 1.29 bits per heavy atom. The van der Waals surface area contributed by atoms with E-state index in [4.69, 9.17) is 14.7 Å². The summed E-state index contributed by atoms with van der Waals surface area (Å²) in [6.07, 6.45) is 2.78. The average Bonchev–Trinajstić information content (AvgIpc) is 2.70. The number of anilines is 1. The van der Waals surface area contributed by atoms with Gasteiger partial charge in [0.25, 0.3) is 5.91 Å². The highest BCUT2D eigenvalue weighted by molar-refractivity contribution is 9.10. The fourth-order valence-corrected chi connectivity index (χ4v) is 3.22. The summed E-state index contributed by atoms with van der Waals surface area (Å²) in [5, 5.41) is 11.4. The monoisotopic (exact) mass is 460 g/mol. The third kappa shape index (κ3) is 6.76. The van der Waals surface area contributed by atoms with Gasteiger partial charge in [-0.3, -0.25) is 4.79 Å². The summed E-state index contributed by atoms with van der Waals surface area (Å²) in [4.78, 5) is 24.7. The zero-order valence-electron chi connectivity index (χ0n) is 15.0. The summed E-state index contributed by atoms with van der Waals surface area (Å²) in [6, 6.07) is 14.5. The molecule has 2 rings (SSSR count). The number of nitrogens with one attached hydrogen (secondary N) is 1. The van der Waals surface area contributed by atoms with E-state index in [0.29, 0.717) is 17.0 Å². The van der Waals surface area contributed by atoms with Crippen molar-refractivity contribution in [2.45, 2.75) is 4.90 Å². The van der Waals surface area contributed by atoms with E-state index in [1.807, 2.05) is 18.2 Å². The number of hydrogen-bond acceptors (Lipinski definition) is 6. The van der Waals surface area contributed by atoms with Crippen molar-refractivity contribution >= 4 is 51.3 Å². The summed E-state index contributed by atoms with van der Waals surface area (Å²) >= 11 is 4.67. The Labute approximate surface area is 175 Å². The van der Waals surface area contributed by atoms with E-state index < -0.39 is 18.5 Å². The van der Waals surface area contributed by atoms with Crippen molar-refractivity contribution in [3.05, 3.63) is 58.6 Å². The van der Waals surface area contributed by atoms with Crippen LogP contribution in [0.1, 0.15) is 5.56 Å². The lowest BCUT2D eigenvalue weighted by molar-refractivity contribution is -0.142. The van der Waals surface area contributed by atoms with Crippen molar-refractivity contribution in [2.75, 3.05) is 24.8 Å². The molecule has 0 aromatic heterocycles. The summed E-state index contributed by atoms with van der Waals surface area (Å²) in [6.45, 7) is -0.421. The number of rotatable bonds is 8. The Morgan fingerprint density at radius 2 is 2.07 bits per heavy atom. The predicted molar refractivity (Wildman–Crippen MR) is 112 cm³/mol. The lowest BCUT2D eigenvalue weighted by Gasteiger charge is -2.09. The smallest absolute Gasteiger partial charge is 0.331 e. The first kappa shape index (κ1) is 21.5. The SMILES string of the molecule is COc1ccc(Br)cc1/C=C/C(=O)OCC(=O)Nc1ccccc1SCC#N. The molecule has 8 heteroatoms. The molecule has 1 N–H and O–H groups in total. The van der Waals surface area contributed by atoms with Gasteiger partial charge >= 0.3 is 5.97 Å². The van der Waals surface area contributed by atoms with Crippen LogP contribution < -0.4 is 10.1 Å². The molecule has 0 aliphatic carbocycles. The number of carbonyl (C=O) groups is 2. The molecule has 0 aliphatic rings. The molecule has 0 saturated carbocycles. The van der Waals surface area contributed by atoms with E-state index in [-0.39, 0.29) is 5.75 Å². The van der Waals surface area contributed by atoms with Crippen LogP contribution in [0.4, 0.5) is 5.69 Å². The number of hydrogen-bond donors (Lipinski definition) is 1. The van der Waals surface area contributed by atoms with E-state index in [2.05, 4.69) is 21.2 Å². The van der Waals surface area contributed by atoms with Crippen molar-refractivity contribution in [3.8, 4) is 11.8 Å². The molecule has 0 spiro atoms. The average molecular weight is 461 g/mol. The molecular formula is C20H17BrN2O4S. The molecule has 0 unspecified atom stereocenters. The van der Waals surface area contributed by atoms with Crippen LogP contribution in [0.2, 0.25) is 0 Å². The minimum absolute atomic E-state index is 0.270. The second kappa shape index (κ2) is 11.2. The van der Waals surface area contributed by atoms with E-state index >= 15 is 0 Å². The zero-order valence-corrected chi connectivity index (χ0v) is 17.4.